The van der Waals surface area contributed by atoms with Crippen molar-refractivity contribution in [2.75, 3.05) is 18.1 Å². The van der Waals surface area contributed by atoms with Crippen LogP contribution in [-0.2, 0) is 4.79 Å². The molecule has 1 amide bonds. The molecule has 5 heteroatoms. The molecule has 0 radical (unpaired) electrons. The topological polar surface area (TPSA) is 46.6 Å². The highest BCUT2D eigenvalue weighted by molar-refractivity contribution is 6.09. The summed E-state index contributed by atoms with van der Waals surface area (Å²) in [5, 5.41) is 0. The van der Waals surface area contributed by atoms with E-state index >= 15 is 0 Å². The normalized spacial score (nSPS) is 13.7. The van der Waals surface area contributed by atoms with Crippen LogP contribution in [-0.4, -0.2) is 24.8 Å². The van der Waals surface area contributed by atoms with E-state index in [1.54, 1.807) is 29.2 Å². The molecule has 0 unspecified atom stereocenters. The number of rotatable bonds is 3. The molecule has 2 aromatic rings. The number of nitrogens with zero attached hydrogens (tertiary/aromatic N) is 1. The van der Waals surface area contributed by atoms with Crippen LogP contribution in [0.1, 0.15) is 16.8 Å². The van der Waals surface area contributed by atoms with Crippen molar-refractivity contribution in [3.8, 4) is 5.75 Å². The molecule has 0 spiro atoms. The van der Waals surface area contributed by atoms with Crippen molar-refractivity contribution in [2.45, 2.75) is 6.42 Å². The first-order valence-corrected chi connectivity index (χ1v) is 6.96. The van der Waals surface area contributed by atoms with E-state index in [0.29, 0.717) is 30.0 Å². The largest absolute Gasteiger partial charge is 0.484 e. The van der Waals surface area contributed by atoms with Crippen LogP contribution in [0.4, 0.5) is 10.1 Å². The molecule has 0 atom stereocenters. The fraction of sp³-hybridized carbons (Fsp3) is 0.176. The number of Topliss-reactive ketones (excluding diaryl/α,β-unsaturated/α-hetero) is 1. The number of ether oxygens (including phenoxy) is 1. The molecule has 1 aliphatic rings. The maximum absolute atomic E-state index is 12.8. The SMILES string of the molecule is O=C1CCN(C(=O)COc2ccc(F)cc2)c2ccccc21. The first-order chi connectivity index (χ1) is 10.6. The first-order valence-electron chi connectivity index (χ1n) is 6.96. The molecule has 0 saturated heterocycles. The lowest BCUT2D eigenvalue weighted by molar-refractivity contribution is -0.120. The van der Waals surface area contributed by atoms with Crippen molar-refractivity contribution >= 4 is 17.4 Å². The van der Waals surface area contributed by atoms with Crippen LogP contribution in [0.2, 0.25) is 0 Å². The maximum atomic E-state index is 12.8. The van der Waals surface area contributed by atoms with E-state index in [-0.39, 0.29) is 24.1 Å². The van der Waals surface area contributed by atoms with Gasteiger partial charge >= 0.3 is 0 Å². The van der Waals surface area contributed by atoms with Crippen molar-refractivity contribution in [1.82, 2.24) is 0 Å². The van der Waals surface area contributed by atoms with Crippen molar-refractivity contribution < 1.29 is 18.7 Å². The van der Waals surface area contributed by atoms with Crippen molar-refractivity contribution in [2.24, 2.45) is 0 Å². The molecule has 22 heavy (non-hydrogen) atoms. The Kier molecular flexibility index (Phi) is 3.87. The number of carbonyl (C=O) groups excluding carboxylic acids is 2. The van der Waals surface area contributed by atoms with Crippen LogP contribution in [0.3, 0.4) is 0 Å². The zero-order valence-electron chi connectivity index (χ0n) is 11.8. The van der Waals surface area contributed by atoms with Crippen molar-refractivity contribution in [3.63, 3.8) is 0 Å². The van der Waals surface area contributed by atoms with Crippen LogP contribution in [0.25, 0.3) is 0 Å². The zero-order valence-corrected chi connectivity index (χ0v) is 11.8. The fourth-order valence-corrected chi connectivity index (χ4v) is 2.43. The van der Waals surface area contributed by atoms with Crippen molar-refractivity contribution in [3.05, 3.63) is 59.9 Å². The Morgan fingerprint density at radius 2 is 1.86 bits per heavy atom. The van der Waals surface area contributed by atoms with Gasteiger partial charge in [-0.3, -0.25) is 9.59 Å². The zero-order chi connectivity index (χ0) is 15.5. The van der Waals surface area contributed by atoms with E-state index in [2.05, 4.69) is 0 Å². The minimum Gasteiger partial charge on any atom is -0.484 e. The van der Waals surface area contributed by atoms with Crippen LogP contribution in [0.15, 0.2) is 48.5 Å². The van der Waals surface area contributed by atoms with Gasteiger partial charge < -0.3 is 9.64 Å². The number of hydrogen-bond donors (Lipinski definition) is 0. The molecule has 0 bridgehead atoms. The van der Waals surface area contributed by atoms with E-state index in [9.17, 15) is 14.0 Å². The highest BCUT2D eigenvalue weighted by Gasteiger charge is 2.26. The van der Waals surface area contributed by atoms with Gasteiger partial charge in [-0.1, -0.05) is 12.1 Å². The van der Waals surface area contributed by atoms with Crippen LogP contribution < -0.4 is 9.64 Å². The molecule has 2 aromatic carbocycles. The summed E-state index contributed by atoms with van der Waals surface area (Å²) in [6, 6.07) is 12.5. The highest BCUT2D eigenvalue weighted by atomic mass is 19.1. The van der Waals surface area contributed by atoms with Gasteiger partial charge in [0.15, 0.2) is 12.4 Å². The lowest BCUT2D eigenvalue weighted by atomic mass is 10.0. The summed E-state index contributed by atoms with van der Waals surface area (Å²) in [5.74, 6) is -0.123. The average molecular weight is 299 g/mol. The molecule has 0 fully saturated rings. The van der Waals surface area contributed by atoms with Gasteiger partial charge in [0.1, 0.15) is 11.6 Å². The molecule has 0 saturated carbocycles. The molecule has 1 aliphatic heterocycles. The minimum atomic E-state index is -0.359. The molecule has 0 aliphatic carbocycles. The molecule has 3 rings (SSSR count). The Hall–Kier alpha value is -2.69. The average Bonchev–Trinajstić information content (AvgIpc) is 2.55. The summed E-state index contributed by atoms with van der Waals surface area (Å²) in [4.78, 5) is 25.7. The second kappa shape index (κ2) is 5.97. The summed E-state index contributed by atoms with van der Waals surface area (Å²) < 4.78 is 18.2. The van der Waals surface area contributed by atoms with Gasteiger partial charge in [-0.25, -0.2) is 4.39 Å². The molecular formula is C17H14FNO3. The predicted molar refractivity (Wildman–Crippen MR) is 79.6 cm³/mol. The predicted octanol–water partition coefficient (Wildman–Crippen LogP) is 2.82. The Morgan fingerprint density at radius 1 is 1.14 bits per heavy atom. The van der Waals surface area contributed by atoms with Crippen LogP contribution in [0.5, 0.6) is 5.75 Å². The number of fused-ring (bicyclic) bond motifs is 1. The van der Waals surface area contributed by atoms with E-state index in [4.69, 9.17) is 4.74 Å². The van der Waals surface area contributed by atoms with E-state index in [1.165, 1.54) is 24.3 Å². The van der Waals surface area contributed by atoms with Crippen molar-refractivity contribution in [1.29, 1.82) is 0 Å². The molecule has 4 nitrogen and oxygen atoms in total. The van der Waals surface area contributed by atoms with Gasteiger partial charge in [-0.05, 0) is 36.4 Å². The number of anilines is 1. The molecule has 0 aromatic heterocycles. The summed E-state index contributed by atoms with van der Waals surface area (Å²) in [5.41, 5.74) is 1.18. The summed E-state index contributed by atoms with van der Waals surface area (Å²) in [6.45, 7) is 0.190. The van der Waals surface area contributed by atoms with E-state index < -0.39 is 0 Å². The lowest BCUT2D eigenvalue weighted by Crippen LogP contribution is -2.40. The quantitative estimate of drug-likeness (QED) is 0.875. The third-order valence-corrected chi connectivity index (χ3v) is 3.53. The molecule has 0 N–H and O–H groups in total. The Morgan fingerprint density at radius 3 is 2.64 bits per heavy atom. The lowest BCUT2D eigenvalue weighted by Gasteiger charge is -2.28. The number of ketones is 1. The maximum Gasteiger partial charge on any atom is 0.264 e. The number of hydrogen-bond acceptors (Lipinski definition) is 3. The standard InChI is InChI=1S/C17H14FNO3/c18-12-5-7-13(8-6-12)22-11-17(21)19-10-9-16(20)14-3-1-2-4-15(14)19/h1-8H,9-11H2. The number of carbonyl (C=O) groups is 2. The minimum absolute atomic E-state index is 0.0408. The first kappa shape index (κ1) is 14.3. The van der Waals surface area contributed by atoms with Gasteiger partial charge in [0.2, 0.25) is 0 Å². The number of para-hydroxylation sites is 1. The number of amides is 1. The van der Waals surface area contributed by atoms with Gasteiger partial charge in [0.25, 0.3) is 5.91 Å². The molecule has 1 heterocycles. The Labute approximate surface area is 127 Å². The van der Waals surface area contributed by atoms with Crippen LogP contribution in [0, 0.1) is 5.82 Å². The third-order valence-electron chi connectivity index (χ3n) is 3.53. The molecule has 112 valence electrons. The number of benzene rings is 2. The number of halogens is 1. The van der Waals surface area contributed by atoms with E-state index in [1.807, 2.05) is 0 Å². The smallest absolute Gasteiger partial charge is 0.264 e. The summed E-state index contributed by atoms with van der Waals surface area (Å²) in [6.07, 6.45) is 0.305. The van der Waals surface area contributed by atoms with E-state index in [0.717, 1.165) is 0 Å². The van der Waals surface area contributed by atoms with Gasteiger partial charge in [-0.15, -0.1) is 0 Å². The molecular weight excluding hydrogens is 285 g/mol. The van der Waals surface area contributed by atoms with Gasteiger partial charge in [0.05, 0.1) is 5.69 Å². The highest BCUT2D eigenvalue weighted by Crippen LogP contribution is 2.26. The Bertz CT molecular complexity index is 712. The second-order valence-electron chi connectivity index (χ2n) is 4.98. The van der Waals surface area contributed by atoms with Crippen LogP contribution >= 0.6 is 0 Å². The van der Waals surface area contributed by atoms with Gasteiger partial charge in [0, 0.05) is 18.5 Å². The fourth-order valence-electron chi connectivity index (χ4n) is 2.43. The summed E-state index contributed by atoms with van der Waals surface area (Å²) >= 11 is 0. The van der Waals surface area contributed by atoms with Gasteiger partial charge in [-0.2, -0.15) is 0 Å². The second-order valence-corrected chi connectivity index (χ2v) is 4.98. The third kappa shape index (κ3) is 2.83. The Balaban J connectivity index is 1.72. The summed E-state index contributed by atoms with van der Waals surface area (Å²) in [7, 11) is 0. The monoisotopic (exact) mass is 299 g/mol.